The Kier molecular flexibility index (Phi) is 6.01. The fourth-order valence-corrected chi connectivity index (χ4v) is 3.71. The lowest BCUT2D eigenvalue weighted by Crippen LogP contribution is -2.43. The standard InChI is InChI=1S/C19H30N2O/c1-5-16-8-7-9-17(6-2)19(16)20-18(22)13-21-11-14(3)10-15(4)12-21/h7-9,14-15H,5-6,10-13H2,1-4H3,(H,20,22)/t14-,15-/m1/s1. The molecule has 0 spiro atoms. The van der Waals surface area contributed by atoms with Gasteiger partial charge in [-0.25, -0.2) is 0 Å². The van der Waals surface area contributed by atoms with Crippen LogP contribution in [0.2, 0.25) is 0 Å². The second-order valence-corrected chi connectivity index (χ2v) is 6.85. The summed E-state index contributed by atoms with van der Waals surface area (Å²) >= 11 is 0. The Morgan fingerprint density at radius 1 is 1.14 bits per heavy atom. The number of para-hydroxylation sites is 1. The largest absolute Gasteiger partial charge is 0.324 e. The van der Waals surface area contributed by atoms with E-state index in [0.717, 1.165) is 31.6 Å². The first-order valence-corrected chi connectivity index (χ1v) is 8.66. The third-order valence-corrected chi connectivity index (χ3v) is 4.57. The number of hydrogen-bond acceptors (Lipinski definition) is 2. The third kappa shape index (κ3) is 4.33. The van der Waals surface area contributed by atoms with Crippen LogP contribution < -0.4 is 5.32 Å². The lowest BCUT2D eigenvalue weighted by atomic mass is 9.92. The predicted molar refractivity (Wildman–Crippen MR) is 93.2 cm³/mol. The molecular weight excluding hydrogens is 272 g/mol. The molecule has 1 aromatic carbocycles. The number of aryl methyl sites for hydroxylation is 2. The Bertz CT molecular complexity index is 480. The normalized spacial score (nSPS) is 22.5. The predicted octanol–water partition coefficient (Wildman–Crippen LogP) is 3.73. The fraction of sp³-hybridized carbons (Fsp3) is 0.632. The van der Waals surface area contributed by atoms with Crippen LogP contribution in [0.4, 0.5) is 5.69 Å². The quantitative estimate of drug-likeness (QED) is 0.899. The van der Waals surface area contributed by atoms with Crippen molar-refractivity contribution in [3.8, 4) is 0 Å². The van der Waals surface area contributed by atoms with E-state index < -0.39 is 0 Å². The molecule has 1 saturated heterocycles. The molecule has 0 radical (unpaired) electrons. The van der Waals surface area contributed by atoms with Gasteiger partial charge in [0.05, 0.1) is 6.54 Å². The topological polar surface area (TPSA) is 32.3 Å². The lowest BCUT2D eigenvalue weighted by molar-refractivity contribution is -0.117. The first kappa shape index (κ1) is 17.0. The monoisotopic (exact) mass is 302 g/mol. The molecule has 0 aromatic heterocycles. The van der Waals surface area contributed by atoms with Crippen LogP contribution in [0.3, 0.4) is 0 Å². The van der Waals surface area contributed by atoms with Crippen molar-refractivity contribution in [3.05, 3.63) is 29.3 Å². The van der Waals surface area contributed by atoms with Gasteiger partial charge in [-0.05, 0) is 42.2 Å². The van der Waals surface area contributed by atoms with Crippen LogP contribution in [0, 0.1) is 11.8 Å². The molecule has 2 rings (SSSR count). The zero-order valence-electron chi connectivity index (χ0n) is 14.5. The number of benzene rings is 1. The molecule has 0 saturated carbocycles. The van der Waals surface area contributed by atoms with Crippen LogP contribution in [0.15, 0.2) is 18.2 Å². The van der Waals surface area contributed by atoms with E-state index in [4.69, 9.17) is 0 Å². The Morgan fingerprint density at radius 2 is 1.68 bits per heavy atom. The second kappa shape index (κ2) is 7.77. The van der Waals surface area contributed by atoms with Crippen LogP contribution in [0.1, 0.15) is 45.2 Å². The summed E-state index contributed by atoms with van der Waals surface area (Å²) < 4.78 is 0. The Balaban J connectivity index is 2.03. The Labute approximate surface area is 135 Å². The summed E-state index contributed by atoms with van der Waals surface area (Å²) in [6.07, 6.45) is 3.17. The van der Waals surface area contributed by atoms with Crippen molar-refractivity contribution in [1.82, 2.24) is 4.90 Å². The maximum Gasteiger partial charge on any atom is 0.238 e. The minimum absolute atomic E-state index is 0.122. The maximum atomic E-state index is 12.5. The molecule has 1 N–H and O–H groups in total. The van der Waals surface area contributed by atoms with E-state index in [2.05, 4.69) is 56.1 Å². The average molecular weight is 302 g/mol. The van der Waals surface area contributed by atoms with Crippen molar-refractivity contribution in [3.63, 3.8) is 0 Å². The van der Waals surface area contributed by atoms with E-state index in [0.29, 0.717) is 18.4 Å². The van der Waals surface area contributed by atoms with Crippen molar-refractivity contribution in [2.24, 2.45) is 11.8 Å². The number of carbonyl (C=O) groups is 1. The first-order valence-electron chi connectivity index (χ1n) is 8.66. The second-order valence-electron chi connectivity index (χ2n) is 6.85. The highest BCUT2D eigenvalue weighted by Crippen LogP contribution is 2.23. The summed E-state index contributed by atoms with van der Waals surface area (Å²) in [5.41, 5.74) is 3.50. The summed E-state index contributed by atoms with van der Waals surface area (Å²) in [6, 6.07) is 6.31. The molecule has 3 nitrogen and oxygen atoms in total. The number of anilines is 1. The molecule has 1 aliphatic heterocycles. The van der Waals surface area contributed by atoms with E-state index in [1.807, 2.05) is 0 Å². The number of amides is 1. The number of likely N-dealkylation sites (tertiary alicyclic amines) is 1. The number of nitrogens with zero attached hydrogens (tertiary/aromatic N) is 1. The summed E-state index contributed by atoms with van der Waals surface area (Å²) in [6.45, 7) is 11.4. The summed E-state index contributed by atoms with van der Waals surface area (Å²) in [5.74, 6) is 1.49. The van der Waals surface area contributed by atoms with Gasteiger partial charge in [0, 0.05) is 18.8 Å². The van der Waals surface area contributed by atoms with Crippen LogP contribution in [0.25, 0.3) is 0 Å². The fourth-order valence-electron chi connectivity index (χ4n) is 3.71. The van der Waals surface area contributed by atoms with E-state index in [1.165, 1.54) is 17.5 Å². The molecule has 22 heavy (non-hydrogen) atoms. The zero-order chi connectivity index (χ0) is 16.1. The summed E-state index contributed by atoms with van der Waals surface area (Å²) in [5, 5.41) is 3.18. The first-order chi connectivity index (χ1) is 10.5. The Hall–Kier alpha value is -1.35. The molecule has 1 amide bonds. The van der Waals surface area contributed by atoms with Crippen LogP contribution in [0.5, 0.6) is 0 Å². The molecule has 0 unspecified atom stereocenters. The van der Waals surface area contributed by atoms with Crippen LogP contribution in [-0.4, -0.2) is 30.4 Å². The highest BCUT2D eigenvalue weighted by molar-refractivity contribution is 5.93. The average Bonchev–Trinajstić information content (AvgIpc) is 2.46. The van der Waals surface area contributed by atoms with Gasteiger partial charge in [0.2, 0.25) is 5.91 Å². The molecule has 1 heterocycles. The summed E-state index contributed by atoms with van der Waals surface area (Å²) in [7, 11) is 0. The zero-order valence-corrected chi connectivity index (χ0v) is 14.5. The molecule has 2 atom stereocenters. The number of carbonyl (C=O) groups excluding carboxylic acids is 1. The molecule has 0 bridgehead atoms. The van der Waals surface area contributed by atoms with Crippen molar-refractivity contribution in [2.45, 2.75) is 47.0 Å². The van der Waals surface area contributed by atoms with Gasteiger partial charge in [0.1, 0.15) is 0 Å². The van der Waals surface area contributed by atoms with E-state index in [1.54, 1.807) is 0 Å². The van der Waals surface area contributed by atoms with E-state index >= 15 is 0 Å². The number of piperidine rings is 1. The lowest BCUT2D eigenvalue weighted by Gasteiger charge is -2.34. The molecule has 3 heteroatoms. The van der Waals surface area contributed by atoms with Gasteiger partial charge in [0.25, 0.3) is 0 Å². The van der Waals surface area contributed by atoms with Crippen molar-refractivity contribution in [2.75, 3.05) is 25.0 Å². The highest BCUT2D eigenvalue weighted by Gasteiger charge is 2.23. The van der Waals surface area contributed by atoms with Crippen molar-refractivity contribution < 1.29 is 4.79 Å². The molecule has 1 aromatic rings. The van der Waals surface area contributed by atoms with Crippen LogP contribution in [-0.2, 0) is 17.6 Å². The number of nitrogens with one attached hydrogen (secondary N) is 1. The van der Waals surface area contributed by atoms with Gasteiger partial charge < -0.3 is 5.32 Å². The highest BCUT2D eigenvalue weighted by atomic mass is 16.2. The minimum Gasteiger partial charge on any atom is -0.324 e. The number of rotatable bonds is 5. The van der Waals surface area contributed by atoms with E-state index in [-0.39, 0.29) is 5.91 Å². The van der Waals surface area contributed by atoms with Gasteiger partial charge in [0.15, 0.2) is 0 Å². The van der Waals surface area contributed by atoms with Gasteiger partial charge in [-0.1, -0.05) is 45.9 Å². The molecule has 0 aliphatic carbocycles. The van der Waals surface area contributed by atoms with Gasteiger partial charge in [-0.15, -0.1) is 0 Å². The van der Waals surface area contributed by atoms with Gasteiger partial charge in [-0.3, -0.25) is 9.69 Å². The number of hydrogen-bond donors (Lipinski definition) is 1. The van der Waals surface area contributed by atoms with Crippen LogP contribution >= 0.6 is 0 Å². The molecular formula is C19H30N2O. The molecule has 1 fully saturated rings. The third-order valence-electron chi connectivity index (χ3n) is 4.57. The molecule has 122 valence electrons. The SMILES string of the molecule is CCc1cccc(CC)c1NC(=O)CN1C[C@H](C)C[C@@H](C)C1. The smallest absolute Gasteiger partial charge is 0.238 e. The summed E-state index contributed by atoms with van der Waals surface area (Å²) in [4.78, 5) is 14.8. The molecule has 1 aliphatic rings. The Morgan fingerprint density at radius 3 is 2.18 bits per heavy atom. The van der Waals surface area contributed by atoms with E-state index in [9.17, 15) is 4.79 Å². The maximum absolute atomic E-state index is 12.5. The minimum atomic E-state index is 0.122. The van der Waals surface area contributed by atoms with Gasteiger partial charge in [-0.2, -0.15) is 0 Å². The van der Waals surface area contributed by atoms with Crippen molar-refractivity contribution in [1.29, 1.82) is 0 Å². The van der Waals surface area contributed by atoms with Crippen molar-refractivity contribution >= 4 is 11.6 Å². The van der Waals surface area contributed by atoms with Gasteiger partial charge >= 0.3 is 0 Å².